The van der Waals surface area contributed by atoms with Gasteiger partial charge in [0.05, 0.1) is 11.9 Å². The molecule has 0 fully saturated rings. The molecule has 1 aromatic heterocycles. The maximum absolute atomic E-state index is 9.17. The summed E-state index contributed by atoms with van der Waals surface area (Å²) in [5.74, 6) is 0. The molecule has 1 unspecified atom stereocenters. The first-order valence-electron chi connectivity index (χ1n) is 3.52. The number of aliphatic hydroxyl groups excluding tert-OH is 1. The van der Waals surface area contributed by atoms with Crippen LogP contribution in [0.5, 0.6) is 0 Å². The molecule has 1 aromatic rings. The number of pyridine rings is 1. The summed E-state index contributed by atoms with van der Waals surface area (Å²) in [6.07, 6.45) is 2.95. The highest BCUT2D eigenvalue weighted by atomic mass is 16.3. The first kappa shape index (κ1) is 8.01. The minimum Gasteiger partial charge on any atom is -0.374 e. The van der Waals surface area contributed by atoms with Crippen molar-refractivity contribution in [3.63, 3.8) is 0 Å². The fourth-order valence-corrected chi connectivity index (χ4v) is 0.778. The highest BCUT2D eigenvalue weighted by Gasteiger charge is 2.04. The van der Waals surface area contributed by atoms with Gasteiger partial charge in [-0.25, -0.2) is 0 Å². The highest BCUT2D eigenvalue weighted by Crippen LogP contribution is 2.10. The molecule has 0 bridgehead atoms. The van der Waals surface area contributed by atoms with Crippen LogP contribution in [0.2, 0.25) is 0 Å². The Labute approximate surface area is 66.3 Å². The van der Waals surface area contributed by atoms with Crippen molar-refractivity contribution in [2.75, 3.05) is 11.9 Å². The van der Waals surface area contributed by atoms with Crippen LogP contribution in [0.15, 0.2) is 24.5 Å². The quantitative estimate of drug-likeness (QED) is 0.638. The molecule has 1 atom stereocenters. The molecule has 1 rings (SSSR count). The fourth-order valence-electron chi connectivity index (χ4n) is 0.778. The van der Waals surface area contributed by atoms with Crippen LogP contribution < -0.4 is 4.90 Å². The normalized spacial score (nSPS) is 12.6. The van der Waals surface area contributed by atoms with Gasteiger partial charge in [-0.3, -0.25) is 4.98 Å². The lowest BCUT2D eigenvalue weighted by molar-refractivity contribution is 0.195. The molecule has 0 amide bonds. The summed E-state index contributed by atoms with van der Waals surface area (Å²) in [5, 5.41) is 9.17. The maximum atomic E-state index is 9.17. The topological polar surface area (TPSA) is 36.4 Å². The largest absolute Gasteiger partial charge is 0.374 e. The minimum absolute atomic E-state index is 0.473. The lowest BCUT2D eigenvalue weighted by Gasteiger charge is -2.21. The second-order valence-electron chi connectivity index (χ2n) is 2.45. The first-order valence-corrected chi connectivity index (χ1v) is 3.52. The molecule has 0 spiro atoms. The average molecular weight is 152 g/mol. The Morgan fingerprint density at radius 2 is 2.36 bits per heavy atom. The Morgan fingerprint density at radius 3 is 2.82 bits per heavy atom. The number of aromatic nitrogens is 1. The van der Waals surface area contributed by atoms with E-state index in [1.54, 1.807) is 24.2 Å². The van der Waals surface area contributed by atoms with Crippen LogP contribution in [0.1, 0.15) is 6.92 Å². The number of aliphatic hydroxyl groups is 1. The van der Waals surface area contributed by atoms with Gasteiger partial charge in [-0.15, -0.1) is 0 Å². The van der Waals surface area contributed by atoms with E-state index in [1.165, 1.54) is 0 Å². The molecule has 0 aliphatic carbocycles. The predicted molar refractivity (Wildman–Crippen MR) is 44.3 cm³/mol. The summed E-state index contributed by atoms with van der Waals surface area (Å²) in [6.45, 7) is 1.72. The van der Waals surface area contributed by atoms with Crippen molar-refractivity contribution in [2.45, 2.75) is 13.2 Å². The Bertz CT molecular complexity index is 211. The second kappa shape index (κ2) is 3.34. The van der Waals surface area contributed by atoms with E-state index < -0.39 is 6.23 Å². The van der Waals surface area contributed by atoms with Crippen LogP contribution in [0.3, 0.4) is 0 Å². The van der Waals surface area contributed by atoms with E-state index in [0.29, 0.717) is 0 Å². The molecule has 0 aliphatic rings. The fraction of sp³-hybridized carbons (Fsp3) is 0.375. The highest BCUT2D eigenvalue weighted by molar-refractivity contribution is 5.42. The number of nitrogens with zero attached hydrogens (tertiary/aromatic N) is 2. The zero-order valence-corrected chi connectivity index (χ0v) is 6.73. The van der Waals surface area contributed by atoms with Gasteiger partial charge in [-0.1, -0.05) is 0 Å². The zero-order chi connectivity index (χ0) is 8.27. The van der Waals surface area contributed by atoms with Crippen molar-refractivity contribution in [2.24, 2.45) is 0 Å². The Kier molecular flexibility index (Phi) is 2.44. The zero-order valence-electron chi connectivity index (χ0n) is 6.73. The summed E-state index contributed by atoms with van der Waals surface area (Å²) in [5.41, 5.74) is 0.919. The summed E-state index contributed by atoms with van der Waals surface area (Å²) in [4.78, 5) is 5.68. The molecule has 1 N–H and O–H groups in total. The lowest BCUT2D eigenvalue weighted by Crippen LogP contribution is -2.27. The van der Waals surface area contributed by atoms with Crippen molar-refractivity contribution in [1.82, 2.24) is 4.98 Å². The van der Waals surface area contributed by atoms with E-state index in [4.69, 9.17) is 0 Å². The van der Waals surface area contributed by atoms with Gasteiger partial charge in [0.25, 0.3) is 0 Å². The van der Waals surface area contributed by atoms with Crippen molar-refractivity contribution in [3.05, 3.63) is 24.5 Å². The van der Waals surface area contributed by atoms with Crippen LogP contribution in [-0.2, 0) is 0 Å². The summed E-state index contributed by atoms with van der Waals surface area (Å²) in [6, 6.07) is 3.74. The van der Waals surface area contributed by atoms with E-state index in [1.807, 2.05) is 19.2 Å². The second-order valence-corrected chi connectivity index (χ2v) is 2.45. The standard InChI is InChI=1S/C8H12N2O/c1-7(11)10(2)8-4-3-5-9-6-8/h3-7,11H,1-2H3. The summed E-state index contributed by atoms with van der Waals surface area (Å²) >= 11 is 0. The van der Waals surface area contributed by atoms with Crippen LogP contribution >= 0.6 is 0 Å². The molecule has 1 heterocycles. The molecule has 0 saturated carbocycles. The molecular formula is C8H12N2O. The Morgan fingerprint density at radius 1 is 1.64 bits per heavy atom. The Hall–Kier alpha value is -1.09. The van der Waals surface area contributed by atoms with E-state index in [2.05, 4.69) is 4.98 Å². The summed E-state index contributed by atoms with van der Waals surface area (Å²) < 4.78 is 0. The molecule has 3 heteroatoms. The van der Waals surface area contributed by atoms with Crippen molar-refractivity contribution in [3.8, 4) is 0 Å². The predicted octanol–water partition coefficient (Wildman–Crippen LogP) is 0.856. The average Bonchev–Trinajstić information content (AvgIpc) is 2.05. The van der Waals surface area contributed by atoms with E-state index >= 15 is 0 Å². The van der Waals surface area contributed by atoms with Crippen molar-refractivity contribution < 1.29 is 5.11 Å². The van der Waals surface area contributed by atoms with Crippen LogP contribution in [0.4, 0.5) is 5.69 Å². The van der Waals surface area contributed by atoms with Gasteiger partial charge in [0, 0.05) is 13.2 Å². The molecular weight excluding hydrogens is 140 g/mol. The molecule has 11 heavy (non-hydrogen) atoms. The number of hydrogen-bond acceptors (Lipinski definition) is 3. The van der Waals surface area contributed by atoms with Crippen LogP contribution in [-0.4, -0.2) is 23.4 Å². The molecule has 0 aromatic carbocycles. The SMILES string of the molecule is CC(O)N(C)c1cccnc1. The molecule has 3 nitrogen and oxygen atoms in total. The van der Waals surface area contributed by atoms with Crippen LogP contribution in [0.25, 0.3) is 0 Å². The Balaban J connectivity index is 2.77. The van der Waals surface area contributed by atoms with E-state index in [9.17, 15) is 5.11 Å². The molecule has 0 saturated heterocycles. The first-order chi connectivity index (χ1) is 5.22. The number of hydrogen-bond donors (Lipinski definition) is 1. The monoisotopic (exact) mass is 152 g/mol. The van der Waals surface area contributed by atoms with Gasteiger partial charge in [0.2, 0.25) is 0 Å². The van der Waals surface area contributed by atoms with E-state index in [0.717, 1.165) is 5.69 Å². The van der Waals surface area contributed by atoms with Gasteiger partial charge in [0.15, 0.2) is 0 Å². The smallest absolute Gasteiger partial charge is 0.123 e. The summed E-state index contributed by atoms with van der Waals surface area (Å²) in [7, 11) is 1.82. The van der Waals surface area contributed by atoms with Crippen molar-refractivity contribution in [1.29, 1.82) is 0 Å². The van der Waals surface area contributed by atoms with Gasteiger partial charge >= 0.3 is 0 Å². The van der Waals surface area contributed by atoms with Crippen molar-refractivity contribution >= 4 is 5.69 Å². The third-order valence-corrected chi connectivity index (χ3v) is 1.61. The molecule has 0 radical (unpaired) electrons. The van der Waals surface area contributed by atoms with Gasteiger partial charge in [0.1, 0.15) is 6.23 Å². The van der Waals surface area contributed by atoms with E-state index in [-0.39, 0.29) is 0 Å². The molecule has 60 valence electrons. The van der Waals surface area contributed by atoms with Gasteiger partial charge in [-0.05, 0) is 19.1 Å². The minimum atomic E-state index is -0.473. The van der Waals surface area contributed by atoms with Crippen LogP contribution in [0, 0.1) is 0 Å². The third-order valence-electron chi connectivity index (χ3n) is 1.61. The lowest BCUT2D eigenvalue weighted by atomic mass is 10.4. The van der Waals surface area contributed by atoms with Gasteiger partial charge in [-0.2, -0.15) is 0 Å². The molecule has 0 aliphatic heterocycles. The maximum Gasteiger partial charge on any atom is 0.123 e. The number of anilines is 1. The number of rotatable bonds is 2. The third kappa shape index (κ3) is 1.91. The van der Waals surface area contributed by atoms with Gasteiger partial charge < -0.3 is 10.0 Å².